The van der Waals surface area contributed by atoms with E-state index in [0.717, 1.165) is 0 Å². The first-order valence-corrected chi connectivity index (χ1v) is 17.8. The Morgan fingerprint density at radius 1 is 1.00 bits per heavy atom. The molecule has 5 heterocycles. The van der Waals surface area contributed by atoms with E-state index in [0.29, 0.717) is 40.9 Å². The molecule has 0 radical (unpaired) electrons. The predicted octanol–water partition coefficient (Wildman–Crippen LogP) is 1.60. The van der Waals surface area contributed by atoms with Crippen LogP contribution in [0.25, 0.3) is 0 Å². The van der Waals surface area contributed by atoms with Gasteiger partial charge in [0.15, 0.2) is 11.6 Å². The van der Waals surface area contributed by atoms with Gasteiger partial charge in [-0.25, -0.2) is 23.3 Å². The zero-order chi connectivity index (χ0) is 32.6. The highest BCUT2D eigenvalue weighted by atomic mass is 79.9. The number of nitrogens with one attached hydrogen (secondary N) is 6. The van der Waals surface area contributed by atoms with Crippen molar-refractivity contribution in [2.24, 2.45) is 22.6 Å². The molecule has 0 saturated heterocycles. The molecule has 0 aromatic carbocycles. The highest BCUT2D eigenvalue weighted by Gasteiger charge is 2.47. The molecule has 0 spiro atoms. The van der Waals surface area contributed by atoms with Gasteiger partial charge in [0.1, 0.15) is 17.4 Å². The number of hydrogen-bond donors (Lipinski definition) is 8. The highest BCUT2D eigenvalue weighted by Crippen LogP contribution is 2.39. The summed E-state index contributed by atoms with van der Waals surface area (Å²) < 4.78 is 37.9. The summed E-state index contributed by atoms with van der Waals surface area (Å²) in [6.45, 7) is -0.0644. The molecule has 0 aliphatic carbocycles. The summed E-state index contributed by atoms with van der Waals surface area (Å²) in [5, 5.41) is 8.87. The molecule has 240 valence electrons. The molecule has 0 unspecified atom stereocenters. The van der Waals surface area contributed by atoms with Crippen LogP contribution in [0.5, 0.6) is 0 Å². The van der Waals surface area contributed by atoms with Gasteiger partial charge >= 0.3 is 5.96 Å². The number of H-pyrrole nitrogens is 3. The maximum Gasteiger partial charge on any atom is 0.355 e. The summed E-state index contributed by atoms with van der Waals surface area (Å²) in [4.78, 5) is 43.7. The summed E-state index contributed by atoms with van der Waals surface area (Å²) in [5.41, 5.74) is 14.1. The lowest BCUT2D eigenvalue weighted by Gasteiger charge is -2.36. The number of hydrogen-bond acceptors (Lipinski definition) is 9. The average molecular weight is 899 g/mol. The number of imidazole rings is 1. The molecular formula is C24H25Br4N11O5S. The SMILES string of the molecule is NC1=[N+]2C(=C[C@@H](CNC(=O)c3cc(Br)c(Br)[nH]3)[C@H](CNC(=O)c3cc(Br)c(Br)[nH]3)[C@H]2c2cnc(N)[nH]2)C(=NCCS(=O)(=O)[O-])N1. The molecule has 3 atom stereocenters. The van der Waals surface area contributed by atoms with Crippen molar-refractivity contribution in [2.75, 3.05) is 31.1 Å². The molecular weight excluding hydrogens is 874 g/mol. The van der Waals surface area contributed by atoms with Gasteiger partial charge in [0.25, 0.3) is 11.8 Å². The molecule has 2 aliphatic heterocycles. The predicted molar refractivity (Wildman–Crippen MR) is 177 cm³/mol. The molecule has 16 nitrogen and oxygen atoms in total. The van der Waals surface area contributed by atoms with Crippen molar-refractivity contribution in [1.29, 1.82) is 0 Å². The standard InChI is InChI=1S/C24H25Br4N11O5S/c25-11-4-13(35-18(11)27)21(40)32-6-9-3-16-20(31-1-2-45(42,43)44)38-24(30)39(16)17(15-8-34-23(29)37-15)10(9)7-33-22(41)14-5-12(26)19(28)36-14/h3-5,8-10,17H,1-2,6-7H2,(H10,29,30,31,32,33,34,35,36,37,38,40,41,42,43,44)/t9-,10-,17-/m0/s1. The summed E-state index contributed by atoms with van der Waals surface area (Å²) in [7, 11) is -4.50. The summed E-state index contributed by atoms with van der Waals surface area (Å²) in [6.07, 6.45) is 3.38. The first-order valence-electron chi connectivity index (χ1n) is 13.1. The second-order valence-corrected chi connectivity index (χ2v) is 14.8. The van der Waals surface area contributed by atoms with Gasteiger partial charge in [-0.15, -0.1) is 0 Å². The van der Waals surface area contributed by atoms with E-state index in [1.54, 1.807) is 22.9 Å². The molecule has 21 heteroatoms. The van der Waals surface area contributed by atoms with Crippen LogP contribution in [0.1, 0.15) is 32.7 Å². The van der Waals surface area contributed by atoms with Crippen LogP contribution in [-0.2, 0) is 10.1 Å². The Bertz CT molecular complexity index is 1820. The highest BCUT2D eigenvalue weighted by molar-refractivity contribution is 9.13. The maximum atomic E-state index is 13.2. The third-order valence-electron chi connectivity index (χ3n) is 7.09. The Morgan fingerprint density at radius 3 is 2.11 bits per heavy atom. The van der Waals surface area contributed by atoms with Crippen LogP contribution < -0.4 is 27.4 Å². The van der Waals surface area contributed by atoms with Crippen LogP contribution >= 0.6 is 63.7 Å². The van der Waals surface area contributed by atoms with E-state index in [2.05, 4.69) is 105 Å². The minimum Gasteiger partial charge on any atom is -0.748 e. The van der Waals surface area contributed by atoms with E-state index in [9.17, 15) is 22.6 Å². The number of carbonyl (C=O) groups excluding carboxylic acids is 2. The Kier molecular flexibility index (Phi) is 9.94. The number of nitrogens with two attached hydrogens (primary N) is 2. The number of halogens is 4. The zero-order valence-corrected chi connectivity index (χ0v) is 30.0. The second kappa shape index (κ2) is 13.4. The van der Waals surface area contributed by atoms with Crippen LogP contribution in [0, 0.1) is 11.8 Å². The number of aromatic nitrogens is 4. The van der Waals surface area contributed by atoms with E-state index in [1.165, 1.54) is 0 Å². The number of aliphatic imine (C=N–C) groups is 1. The van der Waals surface area contributed by atoms with Gasteiger partial charge in [-0.3, -0.25) is 20.3 Å². The van der Waals surface area contributed by atoms with Crippen LogP contribution in [0.3, 0.4) is 0 Å². The number of aromatic amines is 3. The molecule has 10 N–H and O–H groups in total. The van der Waals surface area contributed by atoms with E-state index in [1.807, 2.05) is 6.08 Å². The van der Waals surface area contributed by atoms with Gasteiger partial charge in [0, 0.05) is 24.9 Å². The van der Waals surface area contributed by atoms with Gasteiger partial charge in [0.2, 0.25) is 5.84 Å². The summed E-state index contributed by atoms with van der Waals surface area (Å²) in [5.74, 6) is -1.78. The van der Waals surface area contributed by atoms with Crippen molar-refractivity contribution >= 4 is 103 Å². The van der Waals surface area contributed by atoms with E-state index >= 15 is 0 Å². The number of anilines is 1. The zero-order valence-electron chi connectivity index (χ0n) is 22.8. The molecule has 2 amide bonds. The third-order valence-corrected chi connectivity index (χ3v) is 11.3. The fourth-order valence-corrected chi connectivity index (χ4v) is 6.73. The first kappa shape index (κ1) is 33.4. The number of amidine groups is 1. The van der Waals surface area contributed by atoms with Gasteiger partial charge in [-0.05, 0) is 81.9 Å². The molecule has 3 aromatic heterocycles. The lowest BCUT2D eigenvalue weighted by atomic mass is 9.80. The Hall–Kier alpha value is -2.98. The third kappa shape index (κ3) is 7.54. The maximum absolute atomic E-state index is 13.2. The number of nitrogen functional groups attached to an aromatic ring is 1. The molecule has 2 aliphatic rings. The lowest BCUT2D eigenvalue weighted by molar-refractivity contribution is -0.534. The van der Waals surface area contributed by atoms with Crippen LogP contribution in [-0.4, -0.2) is 86.5 Å². The summed E-state index contributed by atoms with van der Waals surface area (Å²) >= 11 is 13.4. The lowest BCUT2D eigenvalue weighted by Crippen LogP contribution is -2.46. The molecule has 0 saturated carbocycles. The van der Waals surface area contributed by atoms with Gasteiger partial charge in [-0.1, -0.05) is 0 Å². The van der Waals surface area contributed by atoms with Gasteiger partial charge < -0.3 is 35.9 Å². The van der Waals surface area contributed by atoms with Gasteiger partial charge in [0.05, 0.1) is 52.5 Å². The number of rotatable bonds is 10. The normalized spacial score (nSPS) is 20.6. The smallest absolute Gasteiger partial charge is 0.355 e. The minimum absolute atomic E-state index is 0.116. The summed E-state index contributed by atoms with van der Waals surface area (Å²) in [6, 6.07) is 2.65. The number of amides is 2. The van der Waals surface area contributed by atoms with E-state index in [-0.39, 0.29) is 49.2 Å². The van der Waals surface area contributed by atoms with E-state index < -0.39 is 33.7 Å². The fourth-order valence-electron chi connectivity index (χ4n) is 5.10. The number of fused-ring (bicyclic) bond motifs is 1. The Morgan fingerprint density at radius 2 is 1.60 bits per heavy atom. The van der Waals surface area contributed by atoms with Crippen molar-refractivity contribution in [3.63, 3.8) is 0 Å². The van der Waals surface area contributed by atoms with E-state index in [4.69, 9.17) is 11.5 Å². The topological polar surface area (TPSA) is 255 Å². The molecule has 45 heavy (non-hydrogen) atoms. The van der Waals surface area contributed by atoms with Crippen molar-refractivity contribution in [1.82, 2.24) is 35.9 Å². The molecule has 0 bridgehead atoms. The monoisotopic (exact) mass is 895 g/mol. The number of nitrogens with zero attached hydrogens (tertiary/aromatic N) is 3. The van der Waals surface area contributed by atoms with Crippen LogP contribution in [0.2, 0.25) is 0 Å². The minimum atomic E-state index is -4.50. The number of guanidine groups is 1. The molecule has 5 rings (SSSR count). The van der Waals surface area contributed by atoms with Crippen molar-refractivity contribution in [3.8, 4) is 0 Å². The van der Waals surface area contributed by atoms with Crippen LogP contribution in [0.15, 0.2) is 53.2 Å². The van der Waals surface area contributed by atoms with Crippen molar-refractivity contribution < 1.29 is 27.1 Å². The Balaban J connectivity index is 1.52. The number of carbonyl (C=O) groups is 2. The van der Waals surface area contributed by atoms with Gasteiger partial charge in [-0.2, -0.15) is 0 Å². The average Bonchev–Trinajstić information content (AvgIpc) is 3.72. The largest absolute Gasteiger partial charge is 0.748 e. The van der Waals surface area contributed by atoms with Crippen molar-refractivity contribution in [2.45, 2.75) is 6.04 Å². The quantitative estimate of drug-likeness (QED) is 0.109. The van der Waals surface area contributed by atoms with Crippen LogP contribution in [0.4, 0.5) is 5.95 Å². The second-order valence-electron chi connectivity index (χ2n) is 10.0. The van der Waals surface area contributed by atoms with Crippen molar-refractivity contribution in [3.05, 3.63) is 65.3 Å². The molecule has 3 aromatic rings. The first-order chi connectivity index (χ1) is 21.2. The molecule has 0 fully saturated rings. The fraction of sp³-hybridized carbons (Fsp3) is 0.292. The Labute approximate surface area is 289 Å².